The summed E-state index contributed by atoms with van der Waals surface area (Å²) in [5, 5.41) is 9.11. The molecule has 1 aliphatic carbocycles. The van der Waals surface area contributed by atoms with E-state index in [1.54, 1.807) is 7.11 Å². The minimum atomic E-state index is -0.716. The van der Waals surface area contributed by atoms with Gasteiger partial charge in [-0.25, -0.2) is 4.99 Å². The Morgan fingerprint density at radius 2 is 2.14 bits per heavy atom. The molecule has 0 amide bonds. The van der Waals surface area contributed by atoms with E-state index in [4.69, 9.17) is 14.6 Å². The highest BCUT2D eigenvalue weighted by Crippen LogP contribution is 2.33. The standard InChI is InChI=1S/C16H19NO4/c1-20-12-5-2-10(3-6-12)8-15-17-13-9-11(16(18)19)4-7-14(13)21-15/h2-3,5-6,11,13-14H,4,7-9H2,1H3,(H,18,19). The second-order valence-corrected chi connectivity index (χ2v) is 5.62. The molecule has 3 atom stereocenters. The van der Waals surface area contributed by atoms with E-state index >= 15 is 0 Å². The van der Waals surface area contributed by atoms with Crippen molar-refractivity contribution < 1.29 is 19.4 Å². The Morgan fingerprint density at radius 3 is 2.81 bits per heavy atom. The predicted molar refractivity (Wildman–Crippen MR) is 77.8 cm³/mol. The van der Waals surface area contributed by atoms with Crippen molar-refractivity contribution in [3.05, 3.63) is 29.8 Å². The van der Waals surface area contributed by atoms with Gasteiger partial charge < -0.3 is 14.6 Å². The normalized spacial score (nSPS) is 27.5. The van der Waals surface area contributed by atoms with E-state index in [2.05, 4.69) is 4.99 Å². The maximum Gasteiger partial charge on any atom is 0.306 e. The Balaban J connectivity index is 1.64. The molecule has 1 saturated carbocycles. The van der Waals surface area contributed by atoms with Crippen molar-refractivity contribution in [2.75, 3.05) is 7.11 Å². The molecule has 1 aromatic rings. The van der Waals surface area contributed by atoms with E-state index in [1.165, 1.54) is 0 Å². The SMILES string of the molecule is COc1ccc(CC2=NC3CC(C(=O)O)CCC3O2)cc1. The monoisotopic (exact) mass is 289 g/mol. The average molecular weight is 289 g/mol. The maximum absolute atomic E-state index is 11.1. The van der Waals surface area contributed by atoms with Crippen LogP contribution in [0.15, 0.2) is 29.3 Å². The van der Waals surface area contributed by atoms with Crippen LogP contribution in [-0.4, -0.2) is 36.2 Å². The van der Waals surface area contributed by atoms with Crippen molar-refractivity contribution in [3.63, 3.8) is 0 Å². The molecule has 0 radical (unpaired) electrons. The number of benzene rings is 1. The van der Waals surface area contributed by atoms with Gasteiger partial charge in [-0.15, -0.1) is 0 Å². The maximum atomic E-state index is 11.1. The van der Waals surface area contributed by atoms with E-state index in [-0.39, 0.29) is 18.1 Å². The summed E-state index contributed by atoms with van der Waals surface area (Å²) in [5.41, 5.74) is 1.11. The van der Waals surface area contributed by atoms with Gasteiger partial charge in [0.25, 0.3) is 0 Å². The Bertz CT molecular complexity index is 552. The summed E-state index contributed by atoms with van der Waals surface area (Å²) in [6, 6.07) is 7.82. The van der Waals surface area contributed by atoms with Crippen LogP contribution in [-0.2, 0) is 16.0 Å². The zero-order valence-electron chi connectivity index (χ0n) is 12.0. The van der Waals surface area contributed by atoms with Crippen molar-refractivity contribution in [1.29, 1.82) is 0 Å². The summed E-state index contributed by atoms with van der Waals surface area (Å²) >= 11 is 0. The molecule has 3 unspecified atom stereocenters. The number of methoxy groups -OCH3 is 1. The second kappa shape index (κ2) is 5.76. The van der Waals surface area contributed by atoms with Crippen LogP contribution in [0.2, 0.25) is 0 Å². The van der Waals surface area contributed by atoms with Crippen LogP contribution in [0.3, 0.4) is 0 Å². The topological polar surface area (TPSA) is 68.1 Å². The summed E-state index contributed by atoms with van der Waals surface area (Å²) in [6.45, 7) is 0. The lowest BCUT2D eigenvalue weighted by molar-refractivity contribution is -0.143. The minimum absolute atomic E-state index is 0.00750. The number of rotatable bonds is 4. The predicted octanol–water partition coefficient (Wildman–Crippen LogP) is 2.29. The van der Waals surface area contributed by atoms with E-state index in [0.717, 1.165) is 23.6 Å². The molecule has 1 aliphatic heterocycles. The number of carboxylic acid groups (broad SMARTS) is 1. The molecule has 1 heterocycles. The van der Waals surface area contributed by atoms with Crippen LogP contribution in [0.5, 0.6) is 5.75 Å². The molecule has 1 aromatic carbocycles. The van der Waals surface area contributed by atoms with Crippen LogP contribution in [0.1, 0.15) is 24.8 Å². The van der Waals surface area contributed by atoms with Crippen LogP contribution in [0.25, 0.3) is 0 Å². The Hall–Kier alpha value is -2.04. The third-order valence-corrected chi connectivity index (χ3v) is 4.22. The summed E-state index contributed by atoms with van der Waals surface area (Å²) in [6.07, 6.45) is 2.76. The molecule has 5 heteroatoms. The highest BCUT2D eigenvalue weighted by atomic mass is 16.5. The van der Waals surface area contributed by atoms with Crippen LogP contribution in [0, 0.1) is 5.92 Å². The van der Waals surface area contributed by atoms with Crippen molar-refractivity contribution >= 4 is 11.9 Å². The molecule has 1 fully saturated rings. The Morgan fingerprint density at radius 1 is 1.38 bits per heavy atom. The van der Waals surface area contributed by atoms with Gasteiger partial charge >= 0.3 is 5.97 Å². The first-order valence-corrected chi connectivity index (χ1v) is 7.25. The molecule has 21 heavy (non-hydrogen) atoms. The molecule has 0 bridgehead atoms. The van der Waals surface area contributed by atoms with E-state index < -0.39 is 5.97 Å². The second-order valence-electron chi connectivity index (χ2n) is 5.62. The van der Waals surface area contributed by atoms with Gasteiger partial charge in [0.05, 0.1) is 19.1 Å². The largest absolute Gasteiger partial charge is 0.497 e. The van der Waals surface area contributed by atoms with Gasteiger partial charge in [-0.3, -0.25) is 4.79 Å². The fraction of sp³-hybridized carbons (Fsp3) is 0.500. The third-order valence-electron chi connectivity index (χ3n) is 4.22. The molecular weight excluding hydrogens is 270 g/mol. The third kappa shape index (κ3) is 3.01. The van der Waals surface area contributed by atoms with Crippen LogP contribution < -0.4 is 4.74 Å². The van der Waals surface area contributed by atoms with Gasteiger partial charge in [0.1, 0.15) is 11.9 Å². The zero-order chi connectivity index (χ0) is 14.8. The lowest BCUT2D eigenvalue weighted by Crippen LogP contribution is -2.33. The summed E-state index contributed by atoms with van der Waals surface area (Å²) < 4.78 is 11.0. The molecule has 1 N–H and O–H groups in total. The van der Waals surface area contributed by atoms with Gasteiger partial charge in [-0.2, -0.15) is 0 Å². The number of aliphatic carboxylic acids is 1. The lowest BCUT2D eigenvalue weighted by Gasteiger charge is -2.26. The highest BCUT2D eigenvalue weighted by Gasteiger charge is 2.39. The van der Waals surface area contributed by atoms with Crippen LogP contribution >= 0.6 is 0 Å². The quantitative estimate of drug-likeness (QED) is 0.923. The highest BCUT2D eigenvalue weighted by molar-refractivity contribution is 5.81. The Kier molecular flexibility index (Phi) is 3.82. The van der Waals surface area contributed by atoms with Gasteiger partial charge in [-0.05, 0) is 37.0 Å². The van der Waals surface area contributed by atoms with Crippen molar-refractivity contribution in [2.24, 2.45) is 10.9 Å². The lowest BCUT2D eigenvalue weighted by atomic mass is 9.84. The molecule has 2 aliphatic rings. The smallest absolute Gasteiger partial charge is 0.306 e. The molecule has 112 valence electrons. The first-order valence-electron chi connectivity index (χ1n) is 7.25. The fourth-order valence-electron chi connectivity index (χ4n) is 3.01. The average Bonchev–Trinajstić information content (AvgIpc) is 2.89. The zero-order valence-corrected chi connectivity index (χ0v) is 12.0. The minimum Gasteiger partial charge on any atom is -0.497 e. The van der Waals surface area contributed by atoms with Gasteiger partial charge in [0, 0.05) is 6.42 Å². The summed E-state index contributed by atoms with van der Waals surface area (Å²) in [4.78, 5) is 15.7. The number of nitrogens with zero attached hydrogens (tertiary/aromatic N) is 1. The number of fused-ring (bicyclic) bond motifs is 1. The van der Waals surface area contributed by atoms with Gasteiger partial charge in [-0.1, -0.05) is 12.1 Å². The molecular formula is C16H19NO4. The molecule has 0 spiro atoms. The fourth-order valence-corrected chi connectivity index (χ4v) is 3.01. The van der Waals surface area contributed by atoms with Crippen molar-refractivity contribution in [2.45, 2.75) is 37.8 Å². The number of ether oxygens (including phenoxy) is 2. The van der Waals surface area contributed by atoms with Crippen molar-refractivity contribution in [1.82, 2.24) is 0 Å². The number of carbonyl (C=O) groups is 1. The van der Waals surface area contributed by atoms with E-state index in [9.17, 15) is 4.79 Å². The van der Waals surface area contributed by atoms with E-state index in [1.807, 2.05) is 24.3 Å². The number of hydrogen-bond donors (Lipinski definition) is 1. The van der Waals surface area contributed by atoms with Gasteiger partial charge in [0.2, 0.25) is 0 Å². The van der Waals surface area contributed by atoms with Crippen LogP contribution in [0.4, 0.5) is 0 Å². The first kappa shape index (κ1) is 13.9. The molecule has 5 nitrogen and oxygen atoms in total. The molecule has 0 aromatic heterocycles. The van der Waals surface area contributed by atoms with Gasteiger partial charge in [0.15, 0.2) is 5.90 Å². The summed E-state index contributed by atoms with van der Waals surface area (Å²) in [5.74, 6) is 0.554. The number of hydrogen-bond acceptors (Lipinski definition) is 4. The Labute approximate surface area is 123 Å². The number of carboxylic acids is 1. The van der Waals surface area contributed by atoms with E-state index in [0.29, 0.717) is 19.3 Å². The number of aliphatic imine (C=N–C) groups is 1. The molecule has 3 rings (SSSR count). The summed E-state index contributed by atoms with van der Waals surface area (Å²) in [7, 11) is 1.64. The van der Waals surface area contributed by atoms with Crippen molar-refractivity contribution in [3.8, 4) is 5.75 Å². The first-order chi connectivity index (χ1) is 10.2. The molecule has 0 saturated heterocycles.